The second-order valence-electron chi connectivity index (χ2n) is 5.70. The van der Waals surface area contributed by atoms with Gasteiger partial charge in [0.15, 0.2) is 0 Å². The summed E-state index contributed by atoms with van der Waals surface area (Å²) in [5.41, 5.74) is 0. The largest absolute Gasteiger partial charge is 0.481 e. The first-order valence-electron chi connectivity index (χ1n) is 7.97. The Morgan fingerprint density at radius 3 is 2.00 bits per heavy atom. The fourth-order valence-corrected chi connectivity index (χ4v) is 2.51. The average Bonchev–Trinajstić information content (AvgIpc) is 2.34. The van der Waals surface area contributed by atoms with Crippen LogP contribution >= 0.6 is 0 Å². The van der Waals surface area contributed by atoms with Crippen molar-refractivity contribution in [1.29, 1.82) is 0 Å². The van der Waals surface area contributed by atoms with Gasteiger partial charge in [-0.2, -0.15) is 0 Å². The van der Waals surface area contributed by atoms with Gasteiger partial charge >= 0.3 is 5.97 Å². The van der Waals surface area contributed by atoms with E-state index in [4.69, 9.17) is 5.11 Å². The lowest BCUT2D eigenvalue weighted by Crippen LogP contribution is -2.17. The van der Waals surface area contributed by atoms with Crippen LogP contribution in [0.25, 0.3) is 0 Å². The normalized spacial score (nSPS) is 14.3. The number of aliphatic carboxylic acids is 1. The van der Waals surface area contributed by atoms with Gasteiger partial charge in [-0.1, -0.05) is 51.9 Å². The zero-order valence-electron chi connectivity index (χ0n) is 12.7. The van der Waals surface area contributed by atoms with Gasteiger partial charge in [-0.3, -0.25) is 4.79 Å². The number of carboxylic acid groups (broad SMARTS) is 1. The van der Waals surface area contributed by atoms with E-state index in [1.54, 1.807) is 0 Å². The maximum absolute atomic E-state index is 10.5. The summed E-state index contributed by atoms with van der Waals surface area (Å²) in [4.78, 5) is 10.5. The Morgan fingerprint density at radius 1 is 0.947 bits per heavy atom. The first-order valence-corrected chi connectivity index (χ1v) is 7.97. The van der Waals surface area contributed by atoms with Gasteiger partial charge in [0, 0.05) is 6.42 Å². The zero-order chi connectivity index (χ0) is 14.5. The summed E-state index contributed by atoms with van der Waals surface area (Å²) in [7, 11) is 0. The lowest BCUT2D eigenvalue weighted by molar-refractivity contribution is -0.137. The van der Waals surface area contributed by atoms with Gasteiger partial charge < -0.3 is 10.2 Å². The Labute approximate surface area is 118 Å². The second kappa shape index (κ2) is 12.5. The number of unbranched alkanes of at least 4 members (excludes halogenated alkanes) is 6. The number of aliphatic hydroxyl groups excluding tert-OH is 1. The van der Waals surface area contributed by atoms with E-state index >= 15 is 0 Å². The highest BCUT2D eigenvalue weighted by Crippen LogP contribution is 2.21. The van der Waals surface area contributed by atoms with Crippen LogP contribution in [0.4, 0.5) is 0 Å². The number of rotatable bonds is 13. The topological polar surface area (TPSA) is 57.5 Å². The molecule has 0 aromatic heterocycles. The zero-order valence-corrected chi connectivity index (χ0v) is 12.7. The van der Waals surface area contributed by atoms with Crippen LogP contribution in [-0.2, 0) is 4.79 Å². The molecule has 0 aliphatic rings. The van der Waals surface area contributed by atoms with E-state index < -0.39 is 5.97 Å². The second-order valence-corrected chi connectivity index (χ2v) is 5.70. The van der Waals surface area contributed by atoms with Crippen LogP contribution in [0.2, 0.25) is 0 Å². The van der Waals surface area contributed by atoms with E-state index in [-0.39, 0.29) is 18.4 Å². The third-order valence-electron chi connectivity index (χ3n) is 3.83. The molecule has 0 saturated carbocycles. The van der Waals surface area contributed by atoms with Gasteiger partial charge in [0.05, 0.1) is 6.10 Å². The van der Waals surface area contributed by atoms with Gasteiger partial charge in [-0.05, 0) is 32.1 Å². The maximum Gasteiger partial charge on any atom is 0.303 e. The minimum absolute atomic E-state index is 0.222. The molecule has 0 fully saturated rings. The maximum atomic E-state index is 10.5. The van der Waals surface area contributed by atoms with Gasteiger partial charge in [-0.15, -0.1) is 0 Å². The summed E-state index contributed by atoms with van der Waals surface area (Å²) in [6, 6.07) is 0. The molecule has 0 radical (unpaired) electrons. The number of hydrogen-bond donors (Lipinski definition) is 2. The Balaban J connectivity index is 3.56. The SMILES string of the molecule is CCCCCCCCCC(CCCC(=O)O)C(C)O. The number of hydrogen-bond acceptors (Lipinski definition) is 2. The Bertz CT molecular complexity index is 214. The molecule has 19 heavy (non-hydrogen) atoms. The van der Waals surface area contributed by atoms with Crippen LogP contribution in [-0.4, -0.2) is 22.3 Å². The Kier molecular flexibility index (Phi) is 12.1. The molecule has 0 rings (SSSR count). The Morgan fingerprint density at radius 2 is 1.47 bits per heavy atom. The molecular weight excluding hydrogens is 240 g/mol. The molecule has 2 N–H and O–H groups in total. The molecular formula is C16H32O3. The van der Waals surface area contributed by atoms with Crippen LogP contribution in [0, 0.1) is 5.92 Å². The highest BCUT2D eigenvalue weighted by molar-refractivity contribution is 5.66. The fraction of sp³-hybridized carbons (Fsp3) is 0.938. The monoisotopic (exact) mass is 272 g/mol. The van der Waals surface area contributed by atoms with Gasteiger partial charge in [-0.25, -0.2) is 0 Å². The van der Waals surface area contributed by atoms with Crippen molar-refractivity contribution in [3.8, 4) is 0 Å². The van der Waals surface area contributed by atoms with Crippen LogP contribution in [0.1, 0.15) is 84.5 Å². The van der Waals surface area contributed by atoms with Crippen molar-refractivity contribution < 1.29 is 15.0 Å². The minimum Gasteiger partial charge on any atom is -0.481 e. The Hall–Kier alpha value is -0.570. The molecule has 2 unspecified atom stereocenters. The van der Waals surface area contributed by atoms with E-state index in [1.165, 1.54) is 38.5 Å². The summed E-state index contributed by atoms with van der Waals surface area (Å²) in [6.07, 6.45) is 11.4. The summed E-state index contributed by atoms with van der Waals surface area (Å²) >= 11 is 0. The molecule has 114 valence electrons. The fourth-order valence-electron chi connectivity index (χ4n) is 2.51. The third kappa shape index (κ3) is 12.2. The number of aliphatic hydroxyl groups is 1. The van der Waals surface area contributed by atoms with E-state index in [0.29, 0.717) is 6.42 Å². The van der Waals surface area contributed by atoms with Crippen molar-refractivity contribution in [3.63, 3.8) is 0 Å². The highest BCUT2D eigenvalue weighted by Gasteiger charge is 2.14. The smallest absolute Gasteiger partial charge is 0.303 e. The van der Waals surface area contributed by atoms with E-state index in [2.05, 4.69) is 6.92 Å². The molecule has 0 bridgehead atoms. The van der Waals surface area contributed by atoms with E-state index in [9.17, 15) is 9.90 Å². The molecule has 0 aromatic carbocycles. The van der Waals surface area contributed by atoms with E-state index in [0.717, 1.165) is 19.3 Å². The predicted molar refractivity (Wildman–Crippen MR) is 79.3 cm³/mol. The van der Waals surface area contributed by atoms with Crippen molar-refractivity contribution in [1.82, 2.24) is 0 Å². The quantitative estimate of drug-likeness (QED) is 0.489. The van der Waals surface area contributed by atoms with Crippen LogP contribution in [0.3, 0.4) is 0 Å². The molecule has 3 nitrogen and oxygen atoms in total. The third-order valence-corrected chi connectivity index (χ3v) is 3.83. The van der Waals surface area contributed by atoms with Crippen molar-refractivity contribution in [2.75, 3.05) is 0 Å². The molecule has 0 saturated heterocycles. The molecule has 0 aromatic rings. The molecule has 2 atom stereocenters. The standard InChI is InChI=1S/C16H32O3/c1-3-4-5-6-7-8-9-11-15(14(2)17)12-10-13-16(18)19/h14-15,17H,3-13H2,1-2H3,(H,18,19). The number of carbonyl (C=O) groups is 1. The summed E-state index contributed by atoms with van der Waals surface area (Å²) in [5, 5.41) is 18.3. The molecule has 0 amide bonds. The van der Waals surface area contributed by atoms with Gasteiger partial charge in [0.1, 0.15) is 0 Å². The molecule has 0 aliphatic heterocycles. The lowest BCUT2D eigenvalue weighted by atomic mass is 9.91. The lowest BCUT2D eigenvalue weighted by Gasteiger charge is -2.19. The predicted octanol–water partition coefficient (Wildman–Crippen LogP) is 4.38. The van der Waals surface area contributed by atoms with Crippen LogP contribution in [0.15, 0.2) is 0 Å². The molecule has 0 spiro atoms. The van der Waals surface area contributed by atoms with Crippen LogP contribution < -0.4 is 0 Å². The molecule has 0 aliphatic carbocycles. The van der Waals surface area contributed by atoms with E-state index in [1.807, 2.05) is 6.92 Å². The molecule has 0 heterocycles. The summed E-state index contributed by atoms with van der Waals surface area (Å²) in [6.45, 7) is 4.05. The van der Waals surface area contributed by atoms with Crippen molar-refractivity contribution in [3.05, 3.63) is 0 Å². The van der Waals surface area contributed by atoms with Gasteiger partial charge in [0.2, 0.25) is 0 Å². The average molecular weight is 272 g/mol. The summed E-state index contributed by atoms with van der Waals surface area (Å²) < 4.78 is 0. The highest BCUT2D eigenvalue weighted by atomic mass is 16.4. The summed E-state index contributed by atoms with van der Waals surface area (Å²) in [5.74, 6) is -0.463. The molecule has 3 heteroatoms. The van der Waals surface area contributed by atoms with Crippen molar-refractivity contribution >= 4 is 5.97 Å². The number of carboxylic acids is 1. The minimum atomic E-state index is -0.736. The first-order chi connectivity index (χ1) is 9.07. The van der Waals surface area contributed by atoms with Crippen LogP contribution in [0.5, 0.6) is 0 Å². The van der Waals surface area contributed by atoms with Crippen molar-refractivity contribution in [2.45, 2.75) is 90.6 Å². The first kappa shape index (κ1) is 18.4. The van der Waals surface area contributed by atoms with Crippen molar-refractivity contribution in [2.24, 2.45) is 5.92 Å². The van der Waals surface area contributed by atoms with Gasteiger partial charge in [0.25, 0.3) is 0 Å².